The molecule has 0 aromatic carbocycles. The first-order valence-corrected chi connectivity index (χ1v) is 3.83. The van der Waals surface area contributed by atoms with Gasteiger partial charge in [-0.2, -0.15) is 0 Å². The minimum Gasteiger partial charge on any atom is -0.481 e. The zero-order valence-corrected chi connectivity index (χ0v) is 7.42. The van der Waals surface area contributed by atoms with Gasteiger partial charge in [0, 0.05) is 0 Å². The van der Waals surface area contributed by atoms with E-state index in [2.05, 4.69) is 0 Å². The van der Waals surface area contributed by atoms with Crippen LogP contribution in [0.1, 0.15) is 0 Å². The van der Waals surface area contributed by atoms with Crippen molar-refractivity contribution in [2.75, 3.05) is 26.4 Å². The molecule has 0 aliphatic rings. The molecule has 0 bridgehead atoms. The fourth-order valence-electron chi connectivity index (χ4n) is 1.03. The first-order valence-electron chi connectivity index (χ1n) is 3.83. The summed E-state index contributed by atoms with van der Waals surface area (Å²) in [5.74, 6) is -1.70. The summed E-state index contributed by atoms with van der Waals surface area (Å²) in [5, 5.41) is 53.3. The predicted molar refractivity (Wildman–Crippen MR) is 43.4 cm³/mol. The molecule has 6 N–H and O–H groups in total. The van der Waals surface area contributed by atoms with E-state index in [0.717, 1.165) is 0 Å². The Hall–Kier alpha value is -0.730. The molecule has 7 heteroatoms. The van der Waals surface area contributed by atoms with Gasteiger partial charge >= 0.3 is 5.97 Å². The molecule has 84 valence electrons. The Bertz CT molecular complexity index is 194. The average Bonchev–Trinajstić information content (AvgIpc) is 2.19. The SMILES string of the molecule is O=C(O)C(CO)(CO)C(O)(CO)CO. The zero-order chi connectivity index (χ0) is 11.4. The first kappa shape index (κ1) is 13.3. The smallest absolute Gasteiger partial charge is 0.317 e. The average molecular weight is 210 g/mol. The molecule has 0 unspecified atom stereocenters. The van der Waals surface area contributed by atoms with E-state index in [1.54, 1.807) is 0 Å². The summed E-state index contributed by atoms with van der Waals surface area (Å²) in [5.41, 5.74) is -4.85. The summed E-state index contributed by atoms with van der Waals surface area (Å²) in [6.07, 6.45) is 0. The van der Waals surface area contributed by atoms with E-state index in [9.17, 15) is 9.90 Å². The monoisotopic (exact) mass is 210 g/mol. The van der Waals surface area contributed by atoms with E-state index in [-0.39, 0.29) is 0 Å². The lowest BCUT2D eigenvalue weighted by atomic mass is 9.73. The predicted octanol–water partition coefficient (Wildman–Crippen LogP) is -3.24. The molecule has 0 aromatic rings. The fraction of sp³-hybridized carbons (Fsp3) is 0.857. The molecule has 0 aliphatic carbocycles. The topological polar surface area (TPSA) is 138 Å². The van der Waals surface area contributed by atoms with Gasteiger partial charge in [0.15, 0.2) is 0 Å². The van der Waals surface area contributed by atoms with Crippen LogP contribution in [0.4, 0.5) is 0 Å². The normalized spacial score (nSPS) is 12.9. The molecule has 0 saturated heterocycles. The second-order valence-electron chi connectivity index (χ2n) is 3.05. The number of rotatable bonds is 6. The highest BCUT2D eigenvalue weighted by atomic mass is 16.4. The van der Waals surface area contributed by atoms with Gasteiger partial charge in [-0.25, -0.2) is 0 Å². The van der Waals surface area contributed by atoms with Crippen LogP contribution >= 0.6 is 0 Å². The van der Waals surface area contributed by atoms with Crippen LogP contribution in [0.15, 0.2) is 0 Å². The van der Waals surface area contributed by atoms with Crippen molar-refractivity contribution in [3.63, 3.8) is 0 Å². The van der Waals surface area contributed by atoms with Gasteiger partial charge < -0.3 is 30.6 Å². The van der Waals surface area contributed by atoms with Gasteiger partial charge in [0.2, 0.25) is 0 Å². The van der Waals surface area contributed by atoms with Crippen LogP contribution in [0.25, 0.3) is 0 Å². The number of carboxylic acids is 1. The van der Waals surface area contributed by atoms with Crippen molar-refractivity contribution in [2.45, 2.75) is 5.60 Å². The Morgan fingerprint density at radius 1 is 0.929 bits per heavy atom. The summed E-state index contributed by atoms with van der Waals surface area (Å²) in [4.78, 5) is 10.7. The highest BCUT2D eigenvalue weighted by molar-refractivity contribution is 5.76. The summed E-state index contributed by atoms with van der Waals surface area (Å²) in [6, 6.07) is 0. The maximum atomic E-state index is 10.7. The Kier molecular flexibility index (Phi) is 4.43. The third-order valence-corrected chi connectivity index (χ3v) is 2.36. The van der Waals surface area contributed by atoms with E-state index in [1.165, 1.54) is 0 Å². The zero-order valence-electron chi connectivity index (χ0n) is 7.42. The van der Waals surface area contributed by atoms with Crippen molar-refractivity contribution < 1.29 is 35.4 Å². The van der Waals surface area contributed by atoms with Gasteiger partial charge in [0.05, 0.1) is 26.4 Å². The molecule has 0 amide bonds. The molecule has 0 saturated carbocycles. The highest BCUT2D eigenvalue weighted by Gasteiger charge is 2.55. The Labute approximate surface area is 79.9 Å². The molecular formula is C7H14O7. The first-order chi connectivity index (χ1) is 6.44. The molecule has 0 aromatic heterocycles. The van der Waals surface area contributed by atoms with Crippen molar-refractivity contribution in [3.05, 3.63) is 0 Å². The van der Waals surface area contributed by atoms with Crippen molar-refractivity contribution in [2.24, 2.45) is 5.41 Å². The van der Waals surface area contributed by atoms with Crippen molar-refractivity contribution in [1.29, 1.82) is 0 Å². The van der Waals surface area contributed by atoms with Crippen molar-refractivity contribution >= 4 is 5.97 Å². The minimum atomic E-state index is -2.47. The van der Waals surface area contributed by atoms with Gasteiger partial charge in [-0.1, -0.05) is 0 Å². The number of aliphatic hydroxyl groups is 5. The van der Waals surface area contributed by atoms with Gasteiger partial charge in [0.25, 0.3) is 0 Å². The third-order valence-electron chi connectivity index (χ3n) is 2.36. The second kappa shape index (κ2) is 4.67. The maximum Gasteiger partial charge on any atom is 0.317 e. The van der Waals surface area contributed by atoms with E-state index >= 15 is 0 Å². The summed E-state index contributed by atoms with van der Waals surface area (Å²) in [6.45, 7) is -4.37. The summed E-state index contributed by atoms with van der Waals surface area (Å²) >= 11 is 0. The van der Waals surface area contributed by atoms with Crippen LogP contribution in [0.5, 0.6) is 0 Å². The lowest BCUT2D eigenvalue weighted by Gasteiger charge is -2.39. The van der Waals surface area contributed by atoms with Crippen molar-refractivity contribution in [1.82, 2.24) is 0 Å². The third kappa shape index (κ3) is 1.72. The summed E-state index contributed by atoms with van der Waals surface area (Å²) in [7, 11) is 0. The molecule has 0 radical (unpaired) electrons. The number of aliphatic carboxylic acids is 1. The fourth-order valence-corrected chi connectivity index (χ4v) is 1.03. The van der Waals surface area contributed by atoms with Gasteiger partial charge in [-0.3, -0.25) is 4.79 Å². The van der Waals surface area contributed by atoms with E-state index in [1.807, 2.05) is 0 Å². The van der Waals surface area contributed by atoms with E-state index in [0.29, 0.717) is 0 Å². The number of carboxylic acid groups (broad SMARTS) is 1. The molecule has 0 heterocycles. The molecule has 0 fully saturated rings. The molecule has 0 atom stereocenters. The standard InChI is InChI=1S/C7H14O7/c8-1-6(2-9,5(12)13)7(14,3-10)4-11/h8-11,14H,1-4H2,(H,12,13). The molecular weight excluding hydrogens is 196 g/mol. The molecule has 14 heavy (non-hydrogen) atoms. The number of hydrogen-bond acceptors (Lipinski definition) is 6. The van der Waals surface area contributed by atoms with Gasteiger partial charge in [-0.05, 0) is 0 Å². The Morgan fingerprint density at radius 3 is 1.36 bits per heavy atom. The number of aliphatic hydroxyl groups excluding tert-OH is 4. The van der Waals surface area contributed by atoms with Crippen LogP contribution in [-0.4, -0.2) is 68.6 Å². The van der Waals surface area contributed by atoms with Crippen LogP contribution in [0, 0.1) is 5.41 Å². The molecule has 0 rings (SSSR count). The minimum absolute atomic E-state index is 1.09. The summed E-state index contributed by atoms with van der Waals surface area (Å²) < 4.78 is 0. The van der Waals surface area contributed by atoms with E-state index < -0.39 is 43.4 Å². The van der Waals surface area contributed by atoms with Crippen LogP contribution in [-0.2, 0) is 4.79 Å². The lowest BCUT2D eigenvalue weighted by molar-refractivity contribution is -0.200. The number of carbonyl (C=O) groups is 1. The quantitative estimate of drug-likeness (QED) is 0.271. The van der Waals surface area contributed by atoms with Crippen LogP contribution in [0.2, 0.25) is 0 Å². The van der Waals surface area contributed by atoms with Crippen LogP contribution in [0.3, 0.4) is 0 Å². The van der Waals surface area contributed by atoms with Gasteiger partial charge in [-0.15, -0.1) is 0 Å². The Morgan fingerprint density at radius 2 is 1.29 bits per heavy atom. The molecule has 0 aliphatic heterocycles. The van der Waals surface area contributed by atoms with Crippen LogP contribution < -0.4 is 0 Å². The highest BCUT2D eigenvalue weighted by Crippen LogP contribution is 2.31. The molecule has 7 nitrogen and oxygen atoms in total. The molecule has 0 spiro atoms. The largest absolute Gasteiger partial charge is 0.481 e. The van der Waals surface area contributed by atoms with E-state index in [4.69, 9.17) is 25.5 Å². The maximum absolute atomic E-state index is 10.7. The van der Waals surface area contributed by atoms with Gasteiger partial charge in [0.1, 0.15) is 11.0 Å². The van der Waals surface area contributed by atoms with Crippen molar-refractivity contribution in [3.8, 4) is 0 Å². The second-order valence-corrected chi connectivity index (χ2v) is 3.05. The Balaban J connectivity index is 5.25. The lowest BCUT2D eigenvalue weighted by Crippen LogP contribution is -2.62. The number of hydrogen-bond donors (Lipinski definition) is 6.